The number of Topliss-reactive ketones (excluding diaryl/α,β-unsaturated/α-hetero) is 1. The van der Waals surface area contributed by atoms with Gasteiger partial charge < -0.3 is 4.42 Å². The SMILES string of the molecule is O=C(Cc1c(F)cccc1Cl)c1coc2ccccc12. The molecule has 0 N–H and O–H groups in total. The van der Waals surface area contributed by atoms with Crippen LogP contribution >= 0.6 is 11.6 Å². The van der Waals surface area contributed by atoms with Crippen molar-refractivity contribution in [3.63, 3.8) is 0 Å². The maximum absolute atomic E-state index is 13.7. The summed E-state index contributed by atoms with van der Waals surface area (Å²) in [5, 5.41) is 0.983. The fourth-order valence-electron chi connectivity index (χ4n) is 2.15. The molecule has 100 valence electrons. The molecule has 0 aliphatic heterocycles. The lowest BCUT2D eigenvalue weighted by molar-refractivity contribution is 0.0992. The van der Waals surface area contributed by atoms with E-state index >= 15 is 0 Å². The average molecular weight is 289 g/mol. The van der Waals surface area contributed by atoms with Crippen molar-refractivity contribution in [3.05, 3.63) is 70.7 Å². The summed E-state index contributed by atoms with van der Waals surface area (Å²) < 4.78 is 19.0. The zero-order valence-electron chi connectivity index (χ0n) is 10.4. The Balaban J connectivity index is 1.98. The lowest BCUT2D eigenvalue weighted by Gasteiger charge is -2.04. The van der Waals surface area contributed by atoms with Crippen LogP contribution in [0.5, 0.6) is 0 Å². The minimum Gasteiger partial charge on any atom is -0.464 e. The van der Waals surface area contributed by atoms with E-state index in [2.05, 4.69) is 0 Å². The molecule has 1 heterocycles. The predicted molar refractivity (Wildman–Crippen MR) is 75.7 cm³/mol. The lowest BCUT2D eigenvalue weighted by Crippen LogP contribution is -2.05. The number of carbonyl (C=O) groups excluding carboxylic acids is 1. The Labute approximate surface area is 119 Å². The highest BCUT2D eigenvalue weighted by Gasteiger charge is 2.17. The summed E-state index contributed by atoms with van der Waals surface area (Å²) >= 11 is 5.94. The highest BCUT2D eigenvalue weighted by Crippen LogP contribution is 2.25. The van der Waals surface area contributed by atoms with E-state index in [1.807, 2.05) is 12.1 Å². The lowest BCUT2D eigenvalue weighted by atomic mass is 10.0. The second-order valence-corrected chi connectivity index (χ2v) is 4.85. The van der Waals surface area contributed by atoms with Gasteiger partial charge in [0.05, 0.1) is 5.56 Å². The van der Waals surface area contributed by atoms with Gasteiger partial charge in [0.25, 0.3) is 0 Å². The molecule has 0 spiro atoms. The minimum atomic E-state index is -0.473. The summed E-state index contributed by atoms with van der Waals surface area (Å²) in [5.74, 6) is -0.694. The molecule has 0 radical (unpaired) electrons. The van der Waals surface area contributed by atoms with E-state index < -0.39 is 5.82 Å². The number of para-hydroxylation sites is 1. The number of furan rings is 1. The average Bonchev–Trinajstić information content (AvgIpc) is 2.87. The topological polar surface area (TPSA) is 30.2 Å². The first-order chi connectivity index (χ1) is 9.66. The molecule has 3 aromatic rings. The summed E-state index contributed by atoms with van der Waals surface area (Å²) in [5.41, 5.74) is 1.29. The Hall–Kier alpha value is -2.13. The van der Waals surface area contributed by atoms with E-state index in [1.54, 1.807) is 18.2 Å². The number of hydrogen-bond acceptors (Lipinski definition) is 2. The molecule has 20 heavy (non-hydrogen) atoms. The minimum absolute atomic E-state index is 0.0883. The fourth-order valence-corrected chi connectivity index (χ4v) is 2.38. The molecule has 0 saturated carbocycles. The van der Waals surface area contributed by atoms with Gasteiger partial charge in [0.1, 0.15) is 17.7 Å². The zero-order chi connectivity index (χ0) is 14.1. The molecule has 0 atom stereocenters. The van der Waals surface area contributed by atoms with Gasteiger partial charge in [0, 0.05) is 22.4 Å². The first kappa shape index (κ1) is 12.9. The van der Waals surface area contributed by atoms with Crippen LogP contribution in [0.15, 0.2) is 53.1 Å². The number of ketones is 1. The summed E-state index contributed by atoms with van der Waals surface area (Å²) in [7, 11) is 0. The number of halogens is 2. The molecule has 3 rings (SSSR count). The van der Waals surface area contributed by atoms with Crippen LogP contribution in [0.1, 0.15) is 15.9 Å². The first-order valence-electron chi connectivity index (χ1n) is 6.09. The van der Waals surface area contributed by atoms with Gasteiger partial charge in [-0.25, -0.2) is 4.39 Å². The molecule has 0 unspecified atom stereocenters. The largest absolute Gasteiger partial charge is 0.464 e. The second-order valence-electron chi connectivity index (χ2n) is 4.45. The molecule has 0 bridgehead atoms. The highest BCUT2D eigenvalue weighted by atomic mass is 35.5. The molecule has 1 aromatic heterocycles. The third-order valence-electron chi connectivity index (χ3n) is 3.18. The summed E-state index contributed by atoms with van der Waals surface area (Å²) in [6, 6.07) is 11.6. The number of fused-ring (bicyclic) bond motifs is 1. The van der Waals surface area contributed by atoms with Crippen molar-refractivity contribution in [1.82, 2.24) is 0 Å². The van der Waals surface area contributed by atoms with Gasteiger partial charge in [-0.2, -0.15) is 0 Å². The predicted octanol–water partition coefficient (Wildman–Crippen LogP) is 4.65. The second kappa shape index (κ2) is 5.10. The summed E-state index contributed by atoms with van der Waals surface area (Å²) in [6.07, 6.45) is 1.32. The van der Waals surface area contributed by atoms with Gasteiger partial charge in [0.2, 0.25) is 0 Å². The standard InChI is InChI=1S/C16H10ClFO2/c17-13-5-3-6-14(18)11(13)8-15(19)12-9-20-16-7-2-1-4-10(12)16/h1-7,9H,8H2. The van der Waals surface area contributed by atoms with Crippen LogP contribution in [-0.2, 0) is 6.42 Å². The van der Waals surface area contributed by atoms with Crippen molar-refractivity contribution < 1.29 is 13.6 Å². The van der Waals surface area contributed by atoms with E-state index in [-0.39, 0.29) is 22.8 Å². The van der Waals surface area contributed by atoms with Crippen molar-refractivity contribution in [2.45, 2.75) is 6.42 Å². The van der Waals surface area contributed by atoms with Crippen LogP contribution in [0, 0.1) is 5.82 Å². The molecular weight excluding hydrogens is 279 g/mol. The van der Waals surface area contributed by atoms with E-state index in [1.165, 1.54) is 18.4 Å². The van der Waals surface area contributed by atoms with Crippen LogP contribution < -0.4 is 0 Å². The van der Waals surface area contributed by atoms with Crippen molar-refractivity contribution in [2.24, 2.45) is 0 Å². The van der Waals surface area contributed by atoms with Crippen LogP contribution in [-0.4, -0.2) is 5.78 Å². The molecule has 2 nitrogen and oxygen atoms in total. The van der Waals surface area contributed by atoms with Gasteiger partial charge in [-0.1, -0.05) is 35.9 Å². The third-order valence-corrected chi connectivity index (χ3v) is 3.53. The number of rotatable bonds is 3. The van der Waals surface area contributed by atoms with Crippen LogP contribution in [0.4, 0.5) is 4.39 Å². The highest BCUT2D eigenvalue weighted by molar-refractivity contribution is 6.31. The molecule has 0 saturated heterocycles. The Morgan fingerprint density at radius 3 is 2.75 bits per heavy atom. The van der Waals surface area contributed by atoms with Gasteiger partial charge in [-0.3, -0.25) is 4.79 Å². The van der Waals surface area contributed by atoms with Crippen LogP contribution in [0.25, 0.3) is 11.0 Å². The van der Waals surface area contributed by atoms with Crippen molar-refractivity contribution in [3.8, 4) is 0 Å². The van der Waals surface area contributed by atoms with Crippen molar-refractivity contribution >= 4 is 28.4 Å². The van der Waals surface area contributed by atoms with Gasteiger partial charge in [-0.15, -0.1) is 0 Å². The maximum atomic E-state index is 13.7. The maximum Gasteiger partial charge on any atom is 0.171 e. The van der Waals surface area contributed by atoms with E-state index in [4.69, 9.17) is 16.0 Å². The Kier molecular flexibility index (Phi) is 3.28. The van der Waals surface area contributed by atoms with E-state index in [9.17, 15) is 9.18 Å². The number of hydrogen-bond donors (Lipinski definition) is 0. The van der Waals surface area contributed by atoms with E-state index in [0.29, 0.717) is 11.1 Å². The number of benzene rings is 2. The zero-order valence-corrected chi connectivity index (χ0v) is 11.2. The Morgan fingerprint density at radius 2 is 1.95 bits per heavy atom. The van der Waals surface area contributed by atoms with Crippen LogP contribution in [0.2, 0.25) is 5.02 Å². The monoisotopic (exact) mass is 288 g/mol. The normalized spacial score (nSPS) is 10.9. The van der Waals surface area contributed by atoms with Gasteiger partial charge >= 0.3 is 0 Å². The summed E-state index contributed by atoms with van der Waals surface area (Å²) in [6.45, 7) is 0. The quantitative estimate of drug-likeness (QED) is 0.657. The molecule has 2 aromatic carbocycles. The first-order valence-corrected chi connectivity index (χ1v) is 6.47. The fraction of sp³-hybridized carbons (Fsp3) is 0.0625. The van der Waals surface area contributed by atoms with Gasteiger partial charge in [-0.05, 0) is 18.2 Å². The van der Waals surface area contributed by atoms with Crippen molar-refractivity contribution in [1.29, 1.82) is 0 Å². The van der Waals surface area contributed by atoms with Gasteiger partial charge in [0.15, 0.2) is 5.78 Å². The summed E-state index contributed by atoms with van der Waals surface area (Å²) in [4.78, 5) is 12.3. The Morgan fingerprint density at radius 1 is 1.15 bits per heavy atom. The Bertz CT molecular complexity index is 772. The molecular formula is C16H10ClFO2. The third kappa shape index (κ3) is 2.21. The molecule has 0 amide bonds. The van der Waals surface area contributed by atoms with Crippen LogP contribution in [0.3, 0.4) is 0 Å². The smallest absolute Gasteiger partial charge is 0.171 e. The number of carbonyl (C=O) groups is 1. The molecule has 0 fully saturated rings. The van der Waals surface area contributed by atoms with E-state index in [0.717, 1.165) is 5.39 Å². The molecule has 0 aliphatic rings. The van der Waals surface area contributed by atoms with Crippen molar-refractivity contribution in [2.75, 3.05) is 0 Å². The molecule has 0 aliphatic carbocycles. The molecule has 4 heteroatoms.